The van der Waals surface area contributed by atoms with Crippen molar-refractivity contribution >= 4 is 0 Å². The summed E-state index contributed by atoms with van der Waals surface area (Å²) in [4.78, 5) is 0. The van der Waals surface area contributed by atoms with Crippen LogP contribution in [-0.4, -0.2) is 7.11 Å². The average Bonchev–Trinajstić information content (AvgIpc) is 1.94. The van der Waals surface area contributed by atoms with Gasteiger partial charge in [-0.1, -0.05) is 13.3 Å². The molecule has 1 atom stereocenters. The van der Waals surface area contributed by atoms with Gasteiger partial charge in [-0.15, -0.1) is 0 Å². The Morgan fingerprint density at radius 2 is 2.30 bits per heavy atom. The molecule has 1 nitrogen and oxygen atoms in total. The first-order chi connectivity index (χ1) is 4.84. The van der Waals surface area contributed by atoms with Gasteiger partial charge in [-0.25, -0.2) is 0 Å². The number of hydrogen-bond donors (Lipinski definition) is 0. The third-order valence-corrected chi connectivity index (χ3v) is 2.25. The van der Waals surface area contributed by atoms with Gasteiger partial charge in [0.25, 0.3) is 0 Å². The molecule has 0 N–H and O–H groups in total. The molecule has 10 heavy (non-hydrogen) atoms. The SMILES string of the molecule is CO/C=C1/CCCCC1C. The third kappa shape index (κ3) is 1.76. The Hall–Kier alpha value is -0.460. The van der Waals surface area contributed by atoms with Crippen LogP contribution >= 0.6 is 0 Å². The quantitative estimate of drug-likeness (QED) is 0.509. The Morgan fingerprint density at radius 3 is 2.90 bits per heavy atom. The van der Waals surface area contributed by atoms with Gasteiger partial charge in [-0.3, -0.25) is 0 Å². The minimum atomic E-state index is 0.758. The van der Waals surface area contributed by atoms with Crippen molar-refractivity contribution in [3.8, 4) is 0 Å². The van der Waals surface area contributed by atoms with Gasteiger partial charge in [-0.2, -0.15) is 0 Å². The molecule has 0 aromatic carbocycles. The van der Waals surface area contributed by atoms with Crippen molar-refractivity contribution in [3.63, 3.8) is 0 Å². The highest BCUT2D eigenvalue weighted by molar-refractivity contribution is 5.04. The summed E-state index contributed by atoms with van der Waals surface area (Å²) in [6.45, 7) is 2.28. The normalized spacial score (nSPS) is 30.6. The van der Waals surface area contributed by atoms with Crippen LogP contribution in [0.4, 0.5) is 0 Å². The van der Waals surface area contributed by atoms with Gasteiger partial charge in [0.15, 0.2) is 0 Å². The molecule has 1 aliphatic rings. The van der Waals surface area contributed by atoms with Crippen LogP contribution in [0.15, 0.2) is 11.8 Å². The smallest absolute Gasteiger partial charge is 0.0819 e. The van der Waals surface area contributed by atoms with Gasteiger partial charge in [0.1, 0.15) is 0 Å². The Bertz CT molecular complexity index is 127. The van der Waals surface area contributed by atoms with E-state index < -0.39 is 0 Å². The monoisotopic (exact) mass is 140 g/mol. The fourth-order valence-electron chi connectivity index (χ4n) is 1.54. The molecule has 0 amide bonds. The van der Waals surface area contributed by atoms with Crippen LogP contribution in [0, 0.1) is 5.92 Å². The summed E-state index contributed by atoms with van der Waals surface area (Å²) in [5.74, 6) is 0.758. The van der Waals surface area contributed by atoms with Crippen molar-refractivity contribution in [3.05, 3.63) is 11.8 Å². The standard InChI is InChI=1S/C9H16O/c1-8-5-3-4-6-9(8)7-10-2/h7-8H,3-6H2,1-2H3/b9-7-. The Kier molecular flexibility index (Phi) is 2.79. The number of methoxy groups -OCH3 is 1. The van der Waals surface area contributed by atoms with E-state index in [1.807, 2.05) is 6.26 Å². The van der Waals surface area contributed by atoms with E-state index in [-0.39, 0.29) is 0 Å². The Labute approximate surface area is 63.1 Å². The molecule has 0 aromatic rings. The van der Waals surface area contributed by atoms with Gasteiger partial charge in [0, 0.05) is 0 Å². The van der Waals surface area contributed by atoms with E-state index in [9.17, 15) is 0 Å². The molecule has 0 aliphatic heterocycles. The predicted molar refractivity (Wildman–Crippen MR) is 42.7 cm³/mol. The highest BCUT2D eigenvalue weighted by Crippen LogP contribution is 2.28. The zero-order chi connectivity index (χ0) is 7.40. The second-order valence-electron chi connectivity index (χ2n) is 3.08. The molecule has 58 valence electrons. The minimum Gasteiger partial charge on any atom is -0.504 e. The number of rotatable bonds is 1. The highest BCUT2D eigenvalue weighted by atomic mass is 16.5. The molecule has 0 bridgehead atoms. The van der Waals surface area contributed by atoms with E-state index in [4.69, 9.17) is 4.74 Å². The maximum Gasteiger partial charge on any atom is 0.0819 e. The van der Waals surface area contributed by atoms with Gasteiger partial charge in [-0.05, 0) is 30.8 Å². The van der Waals surface area contributed by atoms with Crippen LogP contribution in [0.5, 0.6) is 0 Å². The van der Waals surface area contributed by atoms with E-state index in [1.165, 1.54) is 31.3 Å². The molecule has 0 aromatic heterocycles. The number of allylic oxidation sites excluding steroid dienone is 1. The Balaban J connectivity index is 2.47. The topological polar surface area (TPSA) is 9.23 Å². The average molecular weight is 140 g/mol. The lowest BCUT2D eigenvalue weighted by molar-refractivity contribution is 0.320. The molecule has 1 saturated carbocycles. The lowest BCUT2D eigenvalue weighted by Gasteiger charge is -2.20. The van der Waals surface area contributed by atoms with Crippen molar-refractivity contribution in [2.24, 2.45) is 5.92 Å². The van der Waals surface area contributed by atoms with Crippen LogP contribution in [-0.2, 0) is 4.74 Å². The minimum absolute atomic E-state index is 0.758. The largest absolute Gasteiger partial charge is 0.504 e. The molecule has 1 unspecified atom stereocenters. The van der Waals surface area contributed by atoms with Crippen LogP contribution in [0.3, 0.4) is 0 Å². The molecule has 1 rings (SSSR count). The first-order valence-corrected chi connectivity index (χ1v) is 4.06. The lowest BCUT2D eigenvalue weighted by atomic mass is 9.86. The van der Waals surface area contributed by atoms with E-state index in [0.29, 0.717) is 0 Å². The molecule has 0 saturated heterocycles. The zero-order valence-corrected chi connectivity index (χ0v) is 6.89. The van der Waals surface area contributed by atoms with Crippen molar-refractivity contribution in [2.45, 2.75) is 32.6 Å². The number of hydrogen-bond acceptors (Lipinski definition) is 1. The lowest BCUT2D eigenvalue weighted by Crippen LogP contribution is -2.05. The molecule has 0 heterocycles. The summed E-state index contributed by atoms with van der Waals surface area (Å²) in [5, 5.41) is 0. The maximum absolute atomic E-state index is 4.99. The third-order valence-electron chi connectivity index (χ3n) is 2.25. The van der Waals surface area contributed by atoms with Crippen molar-refractivity contribution in [2.75, 3.05) is 7.11 Å². The van der Waals surface area contributed by atoms with Crippen LogP contribution in [0.2, 0.25) is 0 Å². The summed E-state index contributed by atoms with van der Waals surface area (Å²) in [6.07, 6.45) is 7.25. The summed E-state index contributed by atoms with van der Waals surface area (Å²) in [6, 6.07) is 0. The first kappa shape index (κ1) is 7.64. The molecule has 1 aliphatic carbocycles. The second kappa shape index (κ2) is 3.65. The highest BCUT2D eigenvalue weighted by Gasteiger charge is 2.13. The Morgan fingerprint density at radius 1 is 1.50 bits per heavy atom. The van der Waals surface area contributed by atoms with E-state index >= 15 is 0 Å². The molecular formula is C9H16O. The van der Waals surface area contributed by atoms with Crippen molar-refractivity contribution in [1.29, 1.82) is 0 Å². The first-order valence-electron chi connectivity index (χ1n) is 4.06. The molecule has 0 spiro atoms. The fourth-order valence-corrected chi connectivity index (χ4v) is 1.54. The molecular weight excluding hydrogens is 124 g/mol. The van der Waals surface area contributed by atoms with Crippen LogP contribution < -0.4 is 0 Å². The van der Waals surface area contributed by atoms with Gasteiger partial charge in [0.2, 0.25) is 0 Å². The number of ether oxygens (including phenoxy) is 1. The second-order valence-corrected chi connectivity index (χ2v) is 3.08. The van der Waals surface area contributed by atoms with E-state index in [2.05, 4.69) is 6.92 Å². The molecule has 1 heteroatoms. The summed E-state index contributed by atoms with van der Waals surface area (Å²) in [5.41, 5.74) is 1.49. The summed E-state index contributed by atoms with van der Waals surface area (Å²) >= 11 is 0. The summed E-state index contributed by atoms with van der Waals surface area (Å²) in [7, 11) is 1.73. The summed E-state index contributed by atoms with van der Waals surface area (Å²) < 4.78 is 4.99. The van der Waals surface area contributed by atoms with Gasteiger partial charge >= 0.3 is 0 Å². The molecule has 1 fully saturated rings. The predicted octanol–water partition coefficient (Wildman–Crippen LogP) is 2.73. The van der Waals surface area contributed by atoms with Crippen LogP contribution in [0.1, 0.15) is 32.6 Å². The van der Waals surface area contributed by atoms with Crippen molar-refractivity contribution < 1.29 is 4.74 Å². The molecule has 0 radical (unpaired) electrons. The van der Waals surface area contributed by atoms with E-state index in [1.54, 1.807) is 7.11 Å². The fraction of sp³-hybridized carbons (Fsp3) is 0.778. The maximum atomic E-state index is 4.99. The van der Waals surface area contributed by atoms with Gasteiger partial charge in [0.05, 0.1) is 13.4 Å². The van der Waals surface area contributed by atoms with Crippen molar-refractivity contribution in [1.82, 2.24) is 0 Å². The van der Waals surface area contributed by atoms with Gasteiger partial charge < -0.3 is 4.74 Å². The zero-order valence-electron chi connectivity index (χ0n) is 6.89. The van der Waals surface area contributed by atoms with Crippen LogP contribution in [0.25, 0.3) is 0 Å². The van der Waals surface area contributed by atoms with E-state index in [0.717, 1.165) is 5.92 Å².